The van der Waals surface area contributed by atoms with E-state index in [1.165, 1.54) is 6.42 Å². The van der Waals surface area contributed by atoms with Crippen LogP contribution in [0.5, 0.6) is 5.75 Å². The van der Waals surface area contributed by atoms with Gasteiger partial charge in [0.25, 0.3) is 0 Å². The van der Waals surface area contributed by atoms with Crippen molar-refractivity contribution in [1.29, 1.82) is 0 Å². The minimum atomic E-state index is -0.425. The number of aliphatic hydroxyl groups excluding tert-OH is 1. The number of anilines is 1. The molecule has 1 heterocycles. The molecule has 2 aromatic rings. The number of hydrogen-bond donors (Lipinski definition) is 2. The lowest BCUT2D eigenvalue weighted by Gasteiger charge is -2.35. The first kappa shape index (κ1) is 17.0. The minimum absolute atomic E-state index is 0.0544. The summed E-state index contributed by atoms with van der Waals surface area (Å²) in [6, 6.07) is 9.46. The molecule has 0 bridgehead atoms. The van der Waals surface area contributed by atoms with E-state index in [9.17, 15) is 9.90 Å². The standard InChI is InChI=1S/C19H23NO3S/c1-23-16-8-7-15(12-14(16)13-21)20-18(22)19(9-3-2-4-10-19)17-6-5-11-24-17/h5-8,11-12,21H,2-4,9-10,13H2,1H3,(H,20,22). The fraction of sp³-hybridized carbons (Fsp3) is 0.421. The molecule has 0 aliphatic heterocycles. The average Bonchev–Trinajstić information content (AvgIpc) is 3.17. The molecule has 1 aliphatic rings. The lowest BCUT2D eigenvalue weighted by atomic mass is 9.72. The fourth-order valence-corrected chi connectivity index (χ4v) is 4.51. The Morgan fingerprint density at radius 3 is 2.71 bits per heavy atom. The number of carbonyl (C=O) groups is 1. The van der Waals surface area contributed by atoms with E-state index < -0.39 is 5.41 Å². The summed E-state index contributed by atoms with van der Waals surface area (Å²) in [7, 11) is 1.57. The van der Waals surface area contributed by atoms with Gasteiger partial charge in [-0.3, -0.25) is 4.79 Å². The van der Waals surface area contributed by atoms with Crippen LogP contribution in [0, 0.1) is 0 Å². The van der Waals surface area contributed by atoms with Crippen LogP contribution in [0.1, 0.15) is 42.5 Å². The molecule has 0 spiro atoms. The van der Waals surface area contributed by atoms with Gasteiger partial charge in [0.2, 0.25) is 5.91 Å². The Labute approximate surface area is 146 Å². The second-order valence-electron chi connectivity index (χ2n) is 6.26. The Morgan fingerprint density at radius 2 is 2.08 bits per heavy atom. The SMILES string of the molecule is COc1ccc(NC(=O)C2(c3cccs3)CCCCC2)cc1CO. The molecule has 1 saturated carbocycles. The summed E-state index contributed by atoms with van der Waals surface area (Å²) in [5.74, 6) is 0.680. The molecule has 0 atom stereocenters. The largest absolute Gasteiger partial charge is 0.496 e. The lowest BCUT2D eigenvalue weighted by molar-refractivity contribution is -0.122. The van der Waals surface area contributed by atoms with Crippen LogP contribution >= 0.6 is 11.3 Å². The number of carbonyl (C=O) groups excluding carboxylic acids is 1. The van der Waals surface area contributed by atoms with E-state index in [1.54, 1.807) is 30.6 Å². The molecule has 0 unspecified atom stereocenters. The molecule has 4 nitrogen and oxygen atoms in total. The number of aliphatic hydroxyl groups is 1. The summed E-state index contributed by atoms with van der Waals surface area (Å²) >= 11 is 1.66. The van der Waals surface area contributed by atoms with Gasteiger partial charge in [0.15, 0.2) is 0 Å². The summed E-state index contributed by atoms with van der Waals surface area (Å²) < 4.78 is 5.22. The van der Waals surface area contributed by atoms with Crippen molar-refractivity contribution < 1.29 is 14.6 Å². The van der Waals surface area contributed by atoms with Crippen LogP contribution in [0.15, 0.2) is 35.7 Å². The summed E-state index contributed by atoms with van der Waals surface area (Å²) in [6.45, 7) is -0.122. The molecule has 3 rings (SSSR count). The van der Waals surface area contributed by atoms with E-state index in [-0.39, 0.29) is 12.5 Å². The molecule has 5 heteroatoms. The second-order valence-corrected chi connectivity index (χ2v) is 7.21. The van der Waals surface area contributed by atoms with Gasteiger partial charge in [0.05, 0.1) is 19.1 Å². The number of amides is 1. The third kappa shape index (κ3) is 3.19. The predicted octanol–water partition coefficient (Wildman–Crippen LogP) is 4.09. The molecule has 128 valence electrons. The second kappa shape index (κ2) is 7.36. The number of nitrogens with one attached hydrogen (secondary N) is 1. The summed E-state index contributed by atoms with van der Waals surface area (Å²) in [4.78, 5) is 14.3. The Hall–Kier alpha value is -1.85. The molecule has 1 aliphatic carbocycles. The van der Waals surface area contributed by atoms with Gasteiger partial charge in [-0.2, -0.15) is 0 Å². The van der Waals surface area contributed by atoms with Crippen molar-refractivity contribution >= 4 is 22.9 Å². The quantitative estimate of drug-likeness (QED) is 0.858. The van der Waals surface area contributed by atoms with Gasteiger partial charge in [0.1, 0.15) is 5.75 Å². The van der Waals surface area contributed by atoms with Gasteiger partial charge in [-0.1, -0.05) is 25.3 Å². The zero-order valence-electron chi connectivity index (χ0n) is 13.9. The third-order valence-corrected chi connectivity index (χ3v) is 5.92. The zero-order valence-corrected chi connectivity index (χ0v) is 14.7. The third-order valence-electron chi connectivity index (χ3n) is 4.84. The van der Waals surface area contributed by atoms with E-state index in [1.807, 2.05) is 17.5 Å². The summed E-state index contributed by atoms with van der Waals surface area (Å²) in [6.07, 6.45) is 5.13. The van der Waals surface area contributed by atoms with Gasteiger partial charge in [0, 0.05) is 16.1 Å². The van der Waals surface area contributed by atoms with Crippen LogP contribution in [0.3, 0.4) is 0 Å². The maximum Gasteiger partial charge on any atom is 0.235 e. The van der Waals surface area contributed by atoms with Crippen LogP contribution in [-0.4, -0.2) is 18.1 Å². The number of thiophene rings is 1. The molecule has 1 aromatic carbocycles. The van der Waals surface area contributed by atoms with E-state index >= 15 is 0 Å². The van der Waals surface area contributed by atoms with Crippen LogP contribution in [0.4, 0.5) is 5.69 Å². The van der Waals surface area contributed by atoms with Gasteiger partial charge in [-0.25, -0.2) is 0 Å². The van der Waals surface area contributed by atoms with Crippen molar-refractivity contribution in [3.05, 3.63) is 46.2 Å². The fourth-order valence-electron chi connectivity index (χ4n) is 3.52. The Balaban J connectivity index is 1.87. The lowest BCUT2D eigenvalue weighted by Crippen LogP contribution is -2.41. The number of benzene rings is 1. The van der Waals surface area contributed by atoms with E-state index in [0.717, 1.165) is 30.6 Å². The highest BCUT2D eigenvalue weighted by Crippen LogP contribution is 2.42. The topological polar surface area (TPSA) is 58.6 Å². The first-order valence-corrected chi connectivity index (χ1v) is 9.21. The highest BCUT2D eigenvalue weighted by molar-refractivity contribution is 7.10. The smallest absolute Gasteiger partial charge is 0.235 e. The average molecular weight is 345 g/mol. The molecule has 0 radical (unpaired) electrons. The van der Waals surface area contributed by atoms with Crippen molar-refractivity contribution in [1.82, 2.24) is 0 Å². The van der Waals surface area contributed by atoms with Crippen LogP contribution in [0.2, 0.25) is 0 Å². The Morgan fingerprint density at radius 1 is 1.29 bits per heavy atom. The number of rotatable bonds is 5. The highest BCUT2D eigenvalue weighted by atomic mass is 32.1. The van der Waals surface area contributed by atoms with Gasteiger partial charge in [-0.15, -0.1) is 11.3 Å². The number of ether oxygens (including phenoxy) is 1. The first-order chi connectivity index (χ1) is 11.7. The molecular formula is C19H23NO3S. The van der Waals surface area contributed by atoms with Gasteiger partial charge in [-0.05, 0) is 42.5 Å². The Kier molecular flexibility index (Phi) is 5.21. The molecule has 0 saturated heterocycles. The minimum Gasteiger partial charge on any atom is -0.496 e. The predicted molar refractivity (Wildman–Crippen MR) is 96.6 cm³/mol. The van der Waals surface area contributed by atoms with Crippen LogP contribution < -0.4 is 10.1 Å². The number of hydrogen-bond acceptors (Lipinski definition) is 4. The van der Waals surface area contributed by atoms with Crippen LogP contribution in [0.25, 0.3) is 0 Å². The van der Waals surface area contributed by atoms with Crippen molar-refractivity contribution in [2.45, 2.75) is 44.1 Å². The highest BCUT2D eigenvalue weighted by Gasteiger charge is 2.42. The summed E-state index contributed by atoms with van der Waals surface area (Å²) in [5, 5.41) is 14.6. The van der Waals surface area contributed by atoms with E-state index in [4.69, 9.17) is 4.74 Å². The Bertz CT molecular complexity index is 691. The molecule has 1 aromatic heterocycles. The van der Waals surface area contributed by atoms with Crippen molar-refractivity contribution in [2.75, 3.05) is 12.4 Å². The molecule has 1 fully saturated rings. The maximum atomic E-state index is 13.1. The van der Waals surface area contributed by atoms with Gasteiger partial charge < -0.3 is 15.2 Å². The first-order valence-electron chi connectivity index (χ1n) is 8.33. The molecule has 1 amide bonds. The van der Waals surface area contributed by atoms with E-state index in [2.05, 4.69) is 11.4 Å². The van der Waals surface area contributed by atoms with Gasteiger partial charge >= 0.3 is 0 Å². The van der Waals surface area contributed by atoms with Crippen molar-refractivity contribution in [2.24, 2.45) is 0 Å². The van der Waals surface area contributed by atoms with E-state index in [0.29, 0.717) is 17.0 Å². The zero-order chi connectivity index (χ0) is 17.0. The number of methoxy groups -OCH3 is 1. The molecular weight excluding hydrogens is 322 g/mol. The van der Waals surface area contributed by atoms with Crippen molar-refractivity contribution in [3.8, 4) is 5.75 Å². The normalized spacial score (nSPS) is 16.6. The monoisotopic (exact) mass is 345 g/mol. The summed E-state index contributed by atoms with van der Waals surface area (Å²) in [5.41, 5.74) is 0.946. The molecule has 2 N–H and O–H groups in total. The molecule has 24 heavy (non-hydrogen) atoms. The maximum absolute atomic E-state index is 13.1. The van der Waals surface area contributed by atoms with Crippen molar-refractivity contribution in [3.63, 3.8) is 0 Å². The van der Waals surface area contributed by atoms with Crippen LogP contribution in [-0.2, 0) is 16.8 Å².